The van der Waals surface area contributed by atoms with E-state index in [2.05, 4.69) is 10.3 Å². The fourth-order valence-corrected chi connectivity index (χ4v) is 5.73. The first kappa shape index (κ1) is 18.1. The van der Waals surface area contributed by atoms with Crippen molar-refractivity contribution in [2.24, 2.45) is 0 Å². The fourth-order valence-electron chi connectivity index (χ4n) is 4.46. The molecule has 1 N–H and O–H groups in total. The van der Waals surface area contributed by atoms with Crippen LogP contribution >= 0.6 is 11.8 Å². The maximum absolute atomic E-state index is 12.8. The third kappa shape index (κ3) is 3.06. The monoisotopic (exact) mass is 405 g/mol. The Morgan fingerprint density at radius 3 is 2.86 bits per heavy atom. The smallest absolute Gasteiger partial charge is 0.277 e. The molecule has 1 aromatic carbocycles. The van der Waals surface area contributed by atoms with Crippen molar-refractivity contribution in [2.75, 3.05) is 5.75 Å². The SMILES string of the molecule is O=C1CCCC2=C1C(c1ccc(-c3cccnc3)c([N+](=O)[O-])c1)C1=C(CCS1)N2. The minimum atomic E-state index is -0.345. The molecule has 2 aliphatic heterocycles. The molecule has 0 bridgehead atoms. The number of allylic oxidation sites excluding steroid dienone is 4. The number of nitro benzene ring substituents is 1. The van der Waals surface area contributed by atoms with E-state index in [4.69, 9.17) is 0 Å². The van der Waals surface area contributed by atoms with E-state index >= 15 is 0 Å². The zero-order valence-electron chi connectivity index (χ0n) is 15.7. The molecule has 0 fully saturated rings. The maximum Gasteiger partial charge on any atom is 0.277 e. The van der Waals surface area contributed by atoms with Crippen LogP contribution in [-0.2, 0) is 4.79 Å². The summed E-state index contributed by atoms with van der Waals surface area (Å²) in [5.41, 5.74) is 5.09. The molecule has 6 nitrogen and oxygen atoms in total. The summed E-state index contributed by atoms with van der Waals surface area (Å²) < 4.78 is 0. The summed E-state index contributed by atoms with van der Waals surface area (Å²) in [6.45, 7) is 0. The minimum absolute atomic E-state index is 0.0459. The molecular formula is C22H19N3O3S. The molecule has 146 valence electrons. The van der Waals surface area contributed by atoms with Crippen LogP contribution in [0.4, 0.5) is 5.69 Å². The zero-order chi connectivity index (χ0) is 20.0. The average molecular weight is 405 g/mol. The minimum Gasteiger partial charge on any atom is -0.361 e. The molecule has 3 heterocycles. The lowest BCUT2D eigenvalue weighted by atomic mass is 9.79. The molecule has 3 aliphatic rings. The number of Topliss-reactive ketones (excluding diaryl/α,β-unsaturated/α-hetero) is 1. The van der Waals surface area contributed by atoms with Gasteiger partial charge in [-0.2, -0.15) is 0 Å². The number of dihydropyridines is 1. The van der Waals surface area contributed by atoms with Gasteiger partial charge >= 0.3 is 0 Å². The van der Waals surface area contributed by atoms with Crippen LogP contribution in [0.2, 0.25) is 0 Å². The van der Waals surface area contributed by atoms with Crippen LogP contribution in [0.5, 0.6) is 0 Å². The van der Waals surface area contributed by atoms with E-state index in [1.165, 1.54) is 5.70 Å². The second-order valence-electron chi connectivity index (χ2n) is 7.44. The first-order chi connectivity index (χ1) is 14.1. The van der Waals surface area contributed by atoms with E-state index in [1.807, 2.05) is 12.1 Å². The van der Waals surface area contributed by atoms with Crippen LogP contribution in [0.15, 0.2) is 64.6 Å². The lowest BCUT2D eigenvalue weighted by Gasteiger charge is -2.33. The van der Waals surface area contributed by atoms with E-state index in [1.54, 1.807) is 42.4 Å². The molecule has 0 saturated carbocycles. The molecule has 0 saturated heterocycles. The van der Waals surface area contributed by atoms with Crippen molar-refractivity contribution in [3.63, 3.8) is 0 Å². The summed E-state index contributed by atoms with van der Waals surface area (Å²) in [5, 5.41) is 15.4. The Bertz CT molecular complexity index is 1090. The summed E-state index contributed by atoms with van der Waals surface area (Å²) in [6.07, 6.45) is 6.47. The second-order valence-corrected chi connectivity index (χ2v) is 8.58. The molecule has 1 unspecified atom stereocenters. The summed E-state index contributed by atoms with van der Waals surface area (Å²) in [4.78, 5) is 29.6. The molecule has 1 aromatic heterocycles. The molecule has 5 rings (SSSR count). The van der Waals surface area contributed by atoms with E-state index in [9.17, 15) is 14.9 Å². The normalized spacial score (nSPS) is 21.0. The number of benzene rings is 1. The molecular weight excluding hydrogens is 386 g/mol. The van der Waals surface area contributed by atoms with Gasteiger partial charge in [0.05, 0.1) is 10.5 Å². The van der Waals surface area contributed by atoms with Gasteiger partial charge in [0, 0.05) is 64.0 Å². The number of hydrogen-bond donors (Lipinski definition) is 1. The van der Waals surface area contributed by atoms with Crippen LogP contribution in [0.3, 0.4) is 0 Å². The first-order valence-electron chi connectivity index (χ1n) is 9.71. The number of aromatic nitrogens is 1. The van der Waals surface area contributed by atoms with Gasteiger partial charge in [0.1, 0.15) is 0 Å². The number of nitrogens with one attached hydrogen (secondary N) is 1. The fraction of sp³-hybridized carbons (Fsp3) is 0.273. The standard InChI is InChI=1S/C22H19N3O3S/c26-19-5-1-4-16-21(19)20(22-17(24-16)8-10-29-22)13-6-7-15(18(11-13)25(27)28)14-3-2-9-23-12-14/h2-3,6-7,9,11-12,20,24H,1,4-5,8,10H2. The highest BCUT2D eigenvalue weighted by molar-refractivity contribution is 8.03. The highest BCUT2D eigenvalue weighted by atomic mass is 32.2. The van der Waals surface area contributed by atoms with Gasteiger partial charge in [-0.05, 0) is 37.0 Å². The van der Waals surface area contributed by atoms with Crippen LogP contribution in [0.25, 0.3) is 11.1 Å². The van der Waals surface area contributed by atoms with Crippen LogP contribution < -0.4 is 5.32 Å². The van der Waals surface area contributed by atoms with Gasteiger partial charge in [0.2, 0.25) is 0 Å². The number of nitro groups is 1. The number of carbonyl (C=O) groups excluding carboxylic acids is 1. The summed E-state index contributed by atoms with van der Waals surface area (Å²) in [7, 11) is 0. The Morgan fingerprint density at radius 1 is 1.17 bits per heavy atom. The lowest BCUT2D eigenvalue weighted by molar-refractivity contribution is -0.384. The van der Waals surface area contributed by atoms with Crippen LogP contribution in [0, 0.1) is 10.1 Å². The number of nitrogens with zero attached hydrogens (tertiary/aromatic N) is 2. The van der Waals surface area contributed by atoms with Gasteiger partial charge in [-0.3, -0.25) is 19.9 Å². The van der Waals surface area contributed by atoms with Crippen LogP contribution in [0.1, 0.15) is 37.2 Å². The molecule has 0 spiro atoms. The van der Waals surface area contributed by atoms with Gasteiger partial charge < -0.3 is 5.32 Å². The first-order valence-corrected chi connectivity index (χ1v) is 10.7. The highest BCUT2D eigenvalue weighted by Crippen LogP contribution is 2.50. The second kappa shape index (κ2) is 7.15. The molecule has 7 heteroatoms. The van der Waals surface area contributed by atoms with E-state index in [0.29, 0.717) is 17.5 Å². The quantitative estimate of drug-likeness (QED) is 0.589. The Kier molecular flexibility index (Phi) is 4.47. The molecule has 0 amide bonds. The third-order valence-corrected chi connectivity index (χ3v) is 6.94. The van der Waals surface area contributed by atoms with Gasteiger partial charge in [-0.1, -0.05) is 12.1 Å². The highest BCUT2D eigenvalue weighted by Gasteiger charge is 2.39. The van der Waals surface area contributed by atoms with E-state index in [-0.39, 0.29) is 22.3 Å². The van der Waals surface area contributed by atoms with Crippen molar-refractivity contribution < 1.29 is 9.72 Å². The predicted octanol–water partition coefficient (Wildman–Crippen LogP) is 4.70. The predicted molar refractivity (Wildman–Crippen MR) is 112 cm³/mol. The Hall–Kier alpha value is -2.93. The van der Waals surface area contributed by atoms with Crippen molar-refractivity contribution in [3.05, 3.63) is 80.3 Å². The zero-order valence-corrected chi connectivity index (χ0v) is 16.5. The lowest BCUT2D eigenvalue weighted by Crippen LogP contribution is -2.30. The molecule has 0 radical (unpaired) electrons. The number of rotatable bonds is 3. The van der Waals surface area contributed by atoms with Crippen molar-refractivity contribution in [1.29, 1.82) is 0 Å². The van der Waals surface area contributed by atoms with Crippen molar-refractivity contribution in [3.8, 4) is 11.1 Å². The Balaban J connectivity index is 1.66. The third-order valence-electron chi connectivity index (χ3n) is 5.74. The molecule has 1 aliphatic carbocycles. The maximum atomic E-state index is 12.8. The van der Waals surface area contributed by atoms with E-state index < -0.39 is 0 Å². The topological polar surface area (TPSA) is 85.1 Å². The average Bonchev–Trinajstić information content (AvgIpc) is 3.21. The summed E-state index contributed by atoms with van der Waals surface area (Å²) in [5.74, 6) is 0.920. The summed E-state index contributed by atoms with van der Waals surface area (Å²) >= 11 is 1.75. The van der Waals surface area contributed by atoms with Gasteiger partial charge in [-0.25, -0.2) is 0 Å². The van der Waals surface area contributed by atoms with Gasteiger partial charge in [-0.15, -0.1) is 11.8 Å². The number of hydrogen-bond acceptors (Lipinski definition) is 6. The van der Waals surface area contributed by atoms with Gasteiger partial charge in [0.15, 0.2) is 5.78 Å². The number of ketones is 1. The molecule has 29 heavy (non-hydrogen) atoms. The van der Waals surface area contributed by atoms with Crippen molar-refractivity contribution >= 4 is 23.2 Å². The molecule has 2 aromatic rings. The molecule has 1 atom stereocenters. The van der Waals surface area contributed by atoms with Crippen molar-refractivity contribution in [1.82, 2.24) is 10.3 Å². The number of pyridine rings is 1. The summed E-state index contributed by atoms with van der Waals surface area (Å²) in [6, 6.07) is 8.96. The number of thioether (sulfide) groups is 1. The number of carbonyl (C=O) groups is 1. The largest absolute Gasteiger partial charge is 0.361 e. The Labute approximate surface area is 172 Å². The van der Waals surface area contributed by atoms with Crippen LogP contribution in [-0.4, -0.2) is 21.4 Å². The van der Waals surface area contributed by atoms with E-state index in [0.717, 1.165) is 46.8 Å². The van der Waals surface area contributed by atoms with Gasteiger partial charge in [0.25, 0.3) is 5.69 Å². The Morgan fingerprint density at radius 2 is 2.07 bits per heavy atom. The van der Waals surface area contributed by atoms with Crippen molar-refractivity contribution in [2.45, 2.75) is 31.6 Å².